The van der Waals surface area contributed by atoms with Gasteiger partial charge < -0.3 is 15.4 Å². The Balaban J connectivity index is 1.73. The lowest BCUT2D eigenvalue weighted by atomic mass is 9.82. The van der Waals surface area contributed by atoms with E-state index in [1.54, 1.807) is 0 Å². The van der Waals surface area contributed by atoms with Crippen LogP contribution in [0.1, 0.15) is 46.0 Å². The molecule has 0 saturated carbocycles. The zero-order chi connectivity index (χ0) is 12.8. The summed E-state index contributed by atoms with van der Waals surface area (Å²) < 4.78 is 5.76. The molecule has 3 nitrogen and oxygen atoms in total. The van der Waals surface area contributed by atoms with Crippen molar-refractivity contribution in [3.8, 4) is 0 Å². The molecule has 0 radical (unpaired) electrons. The van der Waals surface area contributed by atoms with E-state index in [4.69, 9.17) is 4.74 Å². The van der Waals surface area contributed by atoms with Crippen molar-refractivity contribution in [2.45, 2.75) is 52.1 Å². The van der Waals surface area contributed by atoms with Crippen LogP contribution in [0.2, 0.25) is 0 Å². The lowest BCUT2D eigenvalue weighted by Crippen LogP contribution is -2.39. The molecular weight excluding hydrogens is 224 g/mol. The molecule has 0 aromatic rings. The number of ether oxygens (including phenoxy) is 1. The third kappa shape index (κ3) is 3.46. The van der Waals surface area contributed by atoms with Crippen molar-refractivity contribution in [1.29, 1.82) is 0 Å². The van der Waals surface area contributed by atoms with E-state index in [1.165, 1.54) is 45.3 Å². The maximum Gasteiger partial charge on any atom is 0.0613 e. The van der Waals surface area contributed by atoms with Crippen LogP contribution in [-0.4, -0.2) is 38.9 Å². The summed E-state index contributed by atoms with van der Waals surface area (Å²) in [5, 5.41) is 7.27. The average Bonchev–Trinajstić information content (AvgIpc) is 2.99. The second kappa shape index (κ2) is 6.88. The zero-order valence-corrected chi connectivity index (χ0v) is 12.1. The van der Waals surface area contributed by atoms with Crippen molar-refractivity contribution in [2.24, 2.45) is 11.3 Å². The second-order valence-electron chi connectivity index (χ2n) is 6.17. The van der Waals surface area contributed by atoms with E-state index in [2.05, 4.69) is 24.5 Å². The Morgan fingerprint density at radius 1 is 1.39 bits per heavy atom. The molecule has 0 aliphatic carbocycles. The highest BCUT2D eigenvalue weighted by molar-refractivity contribution is 4.90. The van der Waals surface area contributed by atoms with Crippen molar-refractivity contribution in [2.75, 3.05) is 32.8 Å². The number of hydrogen-bond acceptors (Lipinski definition) is 3. The van der Waals surface area contributed by atoms with Gasteiger partial charge in [-0.05, 0) is 43.6 Å². The molecule has 3 atom stereocenters. The summed E-state index contributed by atoms with van der Waals surface area (Å²) in [7, 11) is 0. The summed E-state index contributed by atoms with van der Waals surface area (Å²) in [6, 6.07) is 0. The van der Waals surface area contributed by atoms with Gasteiger partial charge in [0.1, 0.15) is 0 Å². The fourth-order valence-corrected chi connectivity index (χ4v) is 3.68. The van der Waals surface area contributed by atoms with E-state index < -0.39 is 0 Å². The van der Waals surface area contributed by atoms with Crippen LogP contribution < -0.4 is 10.6 Å². The van der Waals surface area contributed by atoms with Gasteiger partial charge in [-0.25, -0.2) is 0 Å². The Morgan fingerprint density at radius 3 is 2.94 bits per heavy atom. The number of nitrogens with one attached hydrogen (secondary N) is 2. The van der Waals surface area contributed by atoms with Gasteiger partial charge in [-0.3, -0.25) is 0 Å². The van der Waals surface area contributed by atoms with Crippen molar-refractivity contribution in [3.63, 3.8) is 0 Å². The standard InChI is InChI=1S/C15H30N2O/c1-3-6-15(7-8-16-11-15)12-17-10-13-5-9-18-14(13)4-2/h13-14,16-17H,3-12H2,1-2H3. The van der Waals surface area contributed by atoms with Gasteiger partial charge in [0.25, 0.3) is 0 Å². The summed E-state index contributed by atoms with van der Waals surface area (Å²) in [4.78, 5) is 0. The van der Waals surface area contributed by atoms with Gasteiger partial charge in [0.05, 0.1) is 6.10 Å². The molecule has 2 aliphatic rings. The molecule has 2 N–H and O–H groups in total. The molecule has 2 heterocycles. The van der Waals surface area contributed by atoms with Gasteiger partial charge in [-0.1, -0.05) is 20.3 Å². The van der Waals surface area contributed by atoms with Crippen LogP contribution in [0.15, 0.2) is 0 Å². The van der Waals surface area contributed by atoms with Crippen molar-refractivity contribution in [3.05, 3.63) is 0 Å². The first-order valence-corrected chi connectivity index (χ1v) is 7.83. The van der Waals surface area contributed by atoms with Crippen molar-refractivity contribution in [1.82, 2.24) is 10.6 Å². The van der Waals surface area contributed by atoms with Crippen LogP contribution in [-0.2, 0) is 4.74 Å². The third-order valence-electron chi connectivity index (χ3n) is 4.77. The van der Waals surface area contributed by atoms with Crippen LogP contribution in [0.25, 0.3) is 0 Å². The fraction of sp³-hybridized carbons (Fsp3) is 1.00. The molecule has 2 aliphatic heterocycles. The van der Waals surface area contributed by atoms with E-state index in [9.17, 15) is 0 Å². The van der Waals surface area contributed by atoms with Gasteiger partial charge in [-0.15, -0.1) is 0 Å². The molecule has 2 fully saturated rings. The minimum absolute atomic E-state index is 0.501. The third-order valence-corrected chi connectivity index (χ3v) is 4.77. The van der Waals surface area contributed by atoms with E-state index in [0.717, 1.165) is 25.5 Å². The highest BCUT2D eigenvalue weighted by Crippen LogP contribution is 2.30. The van der Waals surface area contributed by atoms with E-state index in [1.807, 2.05) is 0 Å². The Kier molecular flexibility index (Phi) is 5.46. The van der Waals surface area contributed by atoms with Gasteiger partial charge in [-0.2, -0.15) is 0 Å². The SMILES string of the molecule is CCCC1(CNCC2CCOC2CC)CCNC1. The number of rotatable bonds is 7. The van der Waals surface area contributed by atoms with Crippen LogP contribution in [0.3, 0.4) is 0 Å². The lowest BCUT2D eigenvalue weighted by Gasteiger charge is -2.29. The topological polar surface area (TPSA) is 33.3 Å². The smallest absolute Gasteiger partial charge is 0.0613 e. The molecule has 0 bridgehead atoms. The first-order chi connectivity index (χ1) is 8.79. The predicted molar refractivity (Wildman–Crippen MR) is 75.8 cm³/mol. The first kappa shape index (κ1) is 14.3. The molecule has 3 heteroatoms. The quantitative estimate of drug-likeness (QED) is 0.730. The number of hydrogen-bond donors (Lipinski definition) is 2. The Labute approximate surface area is 112 Å². The fourth-order valence-electron chi connectivity index (χ4n) is 3.68. The molecule has 18 heavy (non-hydrogen) atoms. The normalized spacial score (nSPS) is 36.3. The minimum Gasteiger partial charge on any atom is -0.378 e. The lowest BCUT2D eigenvalue weighted by molar-refractivity contribution is 0.0864. The monoisotopic (exact) mass is 254 g/mol. The maximum absolute atomic E-state index is 5.76. The highest BCUT2D eigenvalue weighted by atomic mass is 16.5. The summed E-state index contributed by atoms with van der Waals surface area (Å²) in [5.74, 6) is 0.739. The molecule has 106 valence electrons. The van der Waals surface area contributed by atoms with E-state index in [-0.39, 0.29) is 0 Å². The van der Waals surface area contributed by atoms with Crippen LogP contribution in [0.4, 0.5) is 0 Å². The van der Waals surface area contributed by atoms with Crippen molar-refractivity contribution >= 4 is 0 Å². The summed E-state index contributed by atoms with van der Waals surface area (Å²) >= 11 is 0. The van der Waals surface area contributed by atoms with Gasteiger partial charge in [0.2, 0.25) is 0 Å². The highest BCUT2D eigenvalue weighted by Gasteiger charge is 2.33. The predicted octanol–water partition coefficient (Wildman–Crippen LogP) is 2.17. The Morgan fingerprint density at radius 2 is 2.28 bits per heavy atom. The second-order valence-corrected chi connectivity index (χ2v) is 6.17. The van der Waals surface area contributed by atoms with Gasteiger partial charge >= 0.3 is 0 Å². The van der Waals surface area contributed by atoms with E-state index in [0.29, 0.717) is 11.5 Å². The Hall–Kier alpha value is -0.120. The summed E-state index contributed by atoms with van der Waals surface area (Å²) in [6.45, 7) is 10.2. The average molecular weight is 254 g/mol. The van der Waals surface area contributed by atoms with Crippen LogP contribution >= 0.6 is 0 Å². The zero-order valence-electron chi connectivity index (χ0n) is 12.1. The first-order valence-electron chi connectivity index (χ1n) is 7.83. The largest absolute Gasteiger partial charge is 0.378 e. The molecule has 2 rings (SSSR count). The van der Waals surface area contributed by atoms with Crippen LogP contribution in [0, 0.1) is 11.3 Å². The molecule has 0 aromatic heterocycles. The molecule has 0 amide bonds. The van der Waals surface area contributed by atoms with Gasteiger partial charge in [0, 0.05) is 26.2 Å². The Bertz CT molecular complexity index is 239. The summed E-state index contributed by atoms with van der Waals surface area (Å²) in [5.41, 5.74) is 0.524. The minimum atomic E-state index is 0.501. The summed E-state index contributed by atoms with van der Waals surface area (Å²) in [6.07, 6.45) is 6.89. The molecular formula is C15H30N2O. The van der Waals surface area contributed by atoms with Crippen molar-refractivity contribution < 1.29 is 4.74 Å². The van der Waals surface area contributed by atoms with E-state index >= 15 is 0 Å². The molecule has 0 spiro atoms. The van der Waals surface area contributed by atoms with Gasteiger partial charge in [0.15, 0.2) is 0 Å². The van der Waals surface area contributed by atoms with Crippen LogP contribution in [0.5, 0.6) is 0 Å². The maximum atomic E-state index is 5.76. The molecule has 0 aromatic carbocycles. The molecule has 2 saturated heterocycles. The molecule has 3 unspecified atom stereocenters.